The van der Waals surface area contributed by atoms with Gasteiger partial charge in [0.2, 0.25) is 5.91 Å². The van der Waals surface area contributed by atoms with Crippen LogP contribution in [0.5, 0.6) is 0 Å². The van der Waals surface area contributed by atoms with Gasteiger partial charge in [-0.15, -0.1) is 0 Å². The van der Waals surface area contributed by atoms with Gasteiger partial charge in [-0.3, -0.25) is 4.79 Å². The number of halogens is 1. The van der Waals surface area contributed by atoms with Gasteiger partial charge in [0.1, 0.15) is 0 Å². The lowest BCUT2D eigenvalue weighted by molar-refractivity contribution is -0.116. The smallest absolute Gasteiger partial charge is 0.224 e. The van der Waals surface area contributed by atoms with Crippen LogP contribution >= 0.6 is 11.6 Å². The Hall–Kier alpha value is -1.26. The van der Waals surface area contributed by atoms with E-state index in [2.05, 4.69) is 29.0 Å². The maximum atomic E-state index is 12.0. The minimum Gasteiger partial charge on any atom is -0.366 e. The number of unbranched alkanes of at least 4 members (excludes halogenated alkanes) is 1. The van der Waals surface area contributed by atoms with Gasteiger partial charge in [-0.1, -0.05) is 37.9 Å². The SMILES string of the molecule is CCCCC(=O)Nc1cccc(Cl)c1N1CCN(CC)CC1. The molecule has 4 nitrogen and oxygen atoms in total. The van der Waals surface area contributed by atoms with Crippen LogP contribution in [0.1, 0.15) is 33.1 Å². The molecule has 122 valence electrons. The van der Waals surface area contributed by atoms with E-state index in [0.717, 1.165) is 56.9 Å². The van der Waals surface area contributed by atoms with E-state index in [1.165, 1.54) is 0 Å². The Morgan fingerprint density at radius 3 is 2.59 bits per heavy atom. The first-order valence-electron chi connectivity index (χ1n) is 8.21. The van der Waals surface area contributed by atoms with Gasteiger partial charge in [-0.05, 0) is 25.1 Å². The van der Waals surface area contributed by atoms with Crippen LogP contribution in [0.25, 0.3) is 0 Å². The fourth-order valence-electron chi connectivity index (χ4n) is 2.78. The summed E-state index contributed by atoms with van der Waals surface area (Å²) in [5.74, 6) is 0.0672. The molecule has 1 aromatic rings. The molecule has 0 atom stereocenters. The Balaban J connectivity index is 2.11. The molecule has 0 unspecified atom stereocenters. The molecule has 0 radical (unpaired) electrons. The average molecular weight is 324 g/mol. The summed E-state index contributed by atoms with van der Waals surface area (Å²) in [5.41, 5.74) is 1.79. The number of piperazine rings is 1. The van der Waals surface area contributed by atoms with Gasteiger partial charge >= 0.3 is 0 Å². The lowest BCUT2D eigenvalue weighted by Gasteiger charge is -2.36. The summed E-state index contributed by atoms with van der Waals surface area (Å²) >= 11 is 6.41. The lowest BCUT2D eigenvalue weighted by Crippen LogP contribution is -2.46. The van der Waals surface area contributed by atoms with E-state index < -0.39 is 0 Å². The third-order valence-corrected chi connectivity index (χ3v) is 4.46. The molecule has 0 bridgehead atoms. The molecular weight excluding hydrogens is 298 g/mol. The van der Waals surface area contributed by atoms with Crippen LogP contribution in [-0.4, -0.2) is 43.5 Å². The predicted molar refractivity (Wildman–Crippen MR) is 93.9 cm³/mol. The normalized spacial score (nSPS) is 15.9. The highest BCUT2D eigenvalue weighted by atomic mass is 35.5. The number of nitrogens with one attached hydrogen (secondary N) is 1. The summed E-state index contributed by atoms with van der Waals surface area (Å²) in [6.07, 6.45) is 2.50. The topological polar surface area (TPSA) is 35.6 Å². The van der Waals surface area contributed by atoms with Gasteiger partial charge in [0.15, 0.2) is 0 Å². The second-order valence-electron chi connectivity index (χ2n) is 5.71. The largest absolute Gasteiger partial charge is 0.366 e. The van der Waals surface area contributed by atoms with Crippen molar-refractivity contribution in [2.45, 2.75) is 33.1 Å². The Bertz CT molecular complexity index is 499. The molecule has 1 amide bonds. The first-order chi connectivity index (χ1) is 10.7. The van der Waals surface area contributed by atoms with E-state index in [9.17, 15) is 4.79 Å². The molecule has 1 heterocycles. The summed E-state index contributed by atoms with van der Waals surface area (Å²) in [6.45, 7) is 9.30. The van der Waals surface area contributed by atoms with Crippen LogP contribution in [0.2, 0.25) is 5.02 Å². The van der Waals surface area contributed by atoms with Crippen LogP contribution < -0.4 is 10.2 Å². The molecule has 22 heavy (non-hydrogen) atoms. The second kappa shape index (κ2) is 8.39. The van der Waals surface area contributed by atoms with Crippen molar-refractivity contribution in [3.05, 3.63) is 23.2 Å². The van der Waals surface area contributed by atoms with E-state index in [-0.39, 0.29) is 5.91 Å². The van der Waals surface area contributed by atoms with E-state index in [0.29, 0.717) is 11.4 Å². The van der Waals surface area contributed by atoms with Crippen molar-refractivity contribution >= 4 is 28.9 Å². The van der Waals surface area contributed by atoms with Crippen molar-refractivity contribution in [1.82, 2.24) is 4.90 Å². The third-order valence-electron chi connectivity index (χ3n) is 4.15. The summed E-state index contributed by atoms with van der Waals surface area (Å²) in [7, 11) is 0. The van der Waals surface area contributed by atoms with Crippen molar-refractivity contribution in [2.24, 2.45) is 0 Å². The predicted octanol–water partition coefficient (Wildman–Crippen LogP) is 3.61. The third kappa shape index (κ3) is 4.37. The molecule has 0 spiro atoms. The van der Waals surface area contributed by atoms with Gasteiger partial charge in [0.05, 0.1) is 16.4 Å². The Morgan fingerprint density at radius 2 is 1.95 bits per heavy atom. The number of hydrogen-bond donors (Lipinski definition) is 1. The number of carbonyl (C=O) groups excluding carboxylic acids is 1. The van der Waals surface area contributed by atoms with E-state index in [4.69, 9.17) is 11.6 Å². The van der Waals surface area contributed by atoms with Crippen molar-refractivity contribution in [3.63, 3.8) is 0 Å². The quantitative estimate of drug-likeness (QED) is 0.868. The first-order valence-corrected chi connectivity index (χ1v) is 8.59. The molecular formula is C17H26ClN3O. The van der Waals surface area contributed by atoms with Crippen LogP contribution in [0, 0.1) is 0 Å². The molecule has 0 aliphatic carbocycles. The minimum absolute atomic E-state index is 0.0672. The molecule has 1 fully saturated rings. The number of nitrogens with zero attached hydrogens (tertiary/aromatic N) is 2. The molecule has 1 aliphatic heterocycles. The number of para-hydroxylation sites is 1. The van der Waals surface area contributed by atoms with Crippen molar-refractivity contribution in [3.8, 4) is 0 Å². The molecule has 2 rings (SSSR count). The van der Waals surface area contributed by atoms with Crippen LogP contribution in [0.15, 0.2) is 18.2 Å². The molecule has 1 saturated heterocycles. The van der Waals surface area contributed by atoms with E-state index in [1.54, 1.807) is 0 Å². The van der Waals surface area contributed by atoms with Crippen LogP contribution in [-0.2, 0) is 4.79 Å². The highest BCUT2D eigenvalue weighted by Gasteiger charge is 2.21. The maximum absolute atomic E-state index is 12.0. The zero-order valence-corrected chi connectivity index (χ0v) is 14.3. The van der Waals surface area contributed by atoms with E-state index in [1.807, 2.05) is 18.2 Å². The Kier molecular flexibility index (Phi) is 6.52. The van der Waals surface area contributed by atoms with E-state index >= 15 is 0 Å². The summed E-state index contributed by atoms with van der Waals surface area (Å²) in [6, 6.07) is 5.73. The average Bonchev–Trinajstić information content (AvgIpc) is 2.53. The number of carbonyl (C=O) groups is 1. The molecule has 0 aromatic heterocycles. The van der Waals surface area contributed by atoms with Crippen molar-refractivity contribution in [2.75, 3.05) is 42.9 Å². The van der Waals surface area contributed by atoms with Gasteiger partial charge in [0, 0.05) is 32.6 Å². The zero-order chi connectivity index (χ0) is 15.9. The number of likely N-dealkylation sites (N-methyl/N-ethyl adjacent to an activating group) is 1. The number of anilines is 2. The Morgan fingerprint density at radius 1 is 1.23 bits per heavy atom. The van der Waals surface area contributed by atoms with Crippen molar-refractivity contribution < 1.29 is 4.79 Å². The number of benzene rings is 1. The zero-order valence-electron chi connectivity index (χ0n) is 13.6. The second-order valence-corrected chi connectivity index (χ2v) is 6.12. The first kappa shape index (κ1) is 17.1. The molecule has 1 aromatic carbocycles. The van der Waals surface area contributed by atoms with Crippen LogP contribution in [0.3, 0.4) is 0 Å². The Labute approximate surface area is 138 Å². The van der Waals surface area contributed by atoms with Gasteiger partial charge in [-0.2, -0.15) is 0 Å². The number of hydrogen-bond acceptors (Lipinski definition) is 3. The van der Waals surface area contributed by atoms with Crippen LogP contribution in [0.4, 0.5) is 11.4 Å². The maximum Gasteiger partial charge on any atom is 0.224 e. The van der Waals surface area contributed by atoms with Gasteiger partial charge in [0.25, 0.3) is 0 Å². The fraction of sp³-hybridized carbons (Fsp3) is 0.588. The number of amides is 1. The lowest BCUT2D eigenvalue weighted by atomic mass is 10.2. The standard InChI is InChI=1S/C17H26ClN3O/c1-3-5-9-16(22)19-15-8-6-7-14(18)17(15)21-12-10-20(4-2)11-13-21/h6-8H,3-5,9-13H2,1-2H3,(H,19,22). The van der Waals surface area contributed by atoms with Crippen molar-refractivity contribution in [1.29, 1.82) is 0 Å². The summed E-state index contributed by atoms with van der Waals surface area (Å²) in [4.78, 5) is 16.7. The monoisotopic (exact) mass is 323 g/mol. The minimum atomic E-state index is 0.0672. The number of rotatable bonds is 6. The summed E-state index contributed by atoms with van der Waals surface area (Å²) in [5, 5.41) is 3.74. The molecule has 1 aliphatic rings. The summed E-state index contributed by atoms with van der Waals surface area (Å²) < 4.78 is 0. The highest BCUT2D eigenvalue weighted by Crippen LogP contribution is 2.34. The van der Waals surface area contributed by atoms with Gasteiger partial charge in [-0.25, -0.2) is 0 Å². The molecule has 0 saturated carbocycles. The highest BCUT2D eigenvalue weighted by molar-refractivity contribution is 6.34. The molecule has 5 heteroatoms. The fourth-order valence-corrected chi connectivity index (χ4v) is 3.07. The molecule has 1 N–H and O–H groups in total. The van der Waals surface area contributed by atoms with Gasteiger partial charge < -0.3 is 15.1 Å².